The topological polar surface area (TPSA) is 186 Å². The number of rotatable bonds is 6. The molecule has 15 heteroatoms. The smallest absolute Gasteiger partial charge is 0.320 e. The van der Waals surface area contributed by atoms with Crippen molar-refractivity contribution in [1.29, 1.82) is 0 Å². The van der Waals surface area contributed by atoms with Crippen LogP contribution in [-0.4, -0.2) is 119 Å². The number of nitrogens with zero attached hydrogens (tertiary/aromatic N) is 5. The number of hydrogen-bond donors (Lipinski definition) is 4. The maximum absolute atomic E-state index is 14.7. The van der Waals surface area contributed by atoms with Gasteiger partial charge in [0.2, 0.25) is 0 Å². The molecule has 6 aliphatic heterocycles. The van der Waals surface area contributed by atoms with Crippen molar-refractivity contribution in [2.45, 2.75) is 111 Å². The number of carbonyl (C=O) groups is 3. The van der Waals surface area contributed by atoms with Gasteiger partial charge in [-0.05, 0) is 69.6 Å². The van der Waals surface area contributed by atoms with E-state index in [9.17, 15) is 29.7 Å². The second kappa shape index (κ2) is 20.1. The minimum absolute atomic E-state index is 0.000915. The van der Waals surface area contributed by atoms with E-state index in [1.807, 2.05) is 38.1 Å². The van der Waals surface area contributed by atoms with E-state index in [0.29, 0.717) is 63.1 Å². The molecule has 0 saturated carbocycles. The molecule has 1 amide bonds. The fourth-order valence-corrected chi connectivity index (χ4v) is 10.1. The molecule has 4 N–H and O–H groups in total. The second-order valence-electron chi connectivity index (χ2n) is 20.0. The lowest BCUT2D eigenvalue weighted by atomic mass is 9.89. The lowest BCUT2D eigenvalue weighted by Crippen LogP contribution is -2.48. The first kappa shape index (κ1) is 48.7. The number of anilines is 2. The Labute approximate surface area is 398 Å². The van der Waals surface area contributed by atoms with Crippen LogP contribution < -0.4 is 25.7 Å². The molecule has 5 atom stereocenters. The summed E-state index contributed by atoms with van der Waals surface area (Å²) in [6.45, 7) is 18.6. The van der Waals surface area contributed by atoms with Crippen LogP contribution in [0.15, 0.2) is 76.5 Å². The number of fused-ring (bicyclic) bond motifs is 13. The fraction of sp³-hybridized carbons (Fsp3) is 0.528. The zero-order chi connectivity index (χ0) is 48.5. The van der Waals surface area contributed by atoms with Gasteiger partial charge in [-0.1, -0.05) is 64.1 Å². The maximum Gasteiger partial charge on any atom is 0.320 e. The molecule has 1 spiro atoms. The lowest BCUT2D eigenvalue weighted by molar-refractivity contribution is -0.155. The molecule has 2 fully saturated rings. The van der Waals surface area contributed by atoms with Crippen molar-refractivity contribution in [1.82, 2.24) is 9.80 Å². The van der Waals surface area contributed by atoms with Crippen LogP contribution in [0, 0.1) is 24.7 Å². The van der Waals surface area contributed by atoms with Crippen molar-refractivity contribution in [3.8, 4) is 17.2 Å². The summed E-state index contributed by atoms with van der Waals surface area (Å²) in [6.07, 6.45) is 10.2. The normalized spacial score (nSPS) is 27.7. The molecular weight excluding hydrogens is 865 g/mol. The number of aromatic hydroxyl groups is 2. The van der Waals surface area contributed by atoms with Crippen molar-refractivity contribution in [3.63, 3.8) is 0 Å². The molecule has 68 heavy (non-hydrogen) atoms. The van der Waals surface area contributed by atoms with Gasteiger partial charge in [0.25, 0.3) is 11.7 Å². The molecule has 364 valence electrons. The number of amides is 1. The van der Waals surface area contributed by atoms with Crippen LogP contribution in [0.4, 0.5) is 11.4 Å². The van der Waals surface area contributed by atoms with Crippen molar-refractivity contribution < 1.29 is 43.9 Å². The van der Waals surface area contributed by atoms with Gasteiger partial charge in [0.15, 0.2) is 11.4 Å². The van der Waals surface area contributed by atoms with E-state index >= 15 is 0 Å². The largest absolute Gasteiger partial charge is 0.507 e. The van der Waals surface area contributed by atoms with E-state index in [1.54, 1.807) is 32.1 Å². The highest BCUT2D eigenvalue weighted by molar-refractivity contribution is 6.19. The van der Waals surface area contributed by atoms with Crippen LogP contribution in [0.1, 0.15) is 96.0 Å². The molecule has 4 unspecified atom stereocenters. The molecular formula is C53H68N6O9. The van der Waals surface area contributed by atoms with Gasteiger partial charge in [-0.15, -0.1) is 0 Å². The monoisotopic (exact) mass is 933 g/mol. The SMILES string of the molecule is C/C1=C/C=C/C(C)CCC(O)[C@@H](C)C(OC(=O)CN2CCN(c3ccccc3)CC2)CC/C=C/OC2(C)Oc3c(C)c(O)c4c(O)c(c5c(c4c3C2=O)=NC2(CCN(CC(C)C)CC2)N=5)NC1=O. The molecule has 15 nitrogen and oxygen atoms in total. The van der Waals surface area contributed by atoms with Gasteiger partial charge in [0.1, 0.15) is 28.6 Å². The standard InChI is InChI=1S/C53H68N6O9/c1-32(2)30-57-23-21-53(22-24-57)55-44-41-42-47(62)36(6)49-43(41)50(64)52(7,68-49)66-29-12-11-18-39(67-40(61)31-58-25-27-59(28-26-58)37-16-9-8-10-17-37)35(5)38(60)20-19-33(3)14-13-15-34(4)51(65)54-46(48(42)63)45(44)56-53/h8-10,12-17,29,32-33,35,38-39,60,62-63H,11,18-28,30-31H2,1-7H3,(H,54,65)/b14-13+,29-12+,34-15-/t33?,35-,38?,39?,52?/m1/s1. The van der Waals surface area contributed by atoms with E-state index in [2.05, 4.69) is 46.0 Å². The fourth-order valence-electron chi connectivity index (χ4n) is 10.1. The number of benzene rings is 3. The third kappa shape index (κ3) is 10.0. The molecule has 6 heterocycles. The quantitative estimate of drug-likeness (QED) is 0.156. The third-order valence-electron chi connectivity index (χ3n) is 14.3. The Morgan fingerprint density at radius 3 is 2.34 bits per heavy atom. The summed E-state index contributed by atoms with van der Waals surface area (Å²) >= 11 is 0. The first-order valence-corrected chi connectivity index (χ1v) is 24.4. The second-order valence-corrected chi connectivity index (χ2v) is 20.0. The van der Waals surface area contributed by atoms with Gasteiger partial charge < -0.3 is 44.6 Å². The Morgan fingerprint density at radius 1 is 0.926 bits per heavy atom. The number of piperidine rings is 1. The summed E-state index contributed by atoms with van der Waals surface area (Å²) in [5, 5.41) is 39.0. The average molecular weight is 933 g/mol. The Kier molecular flexibility index (Phi) is 14.4. The average Bonchev–Trinajstić information content (AvgIpc) is 3.82. The molecule has 0 aliphatic carbocycles. The summed E-state index contributed by atoms with van der Waals surface area (Å²) < 4.78 is 18.6. The van der Waals surface area contributed by atoms with Gasteiger partial charge >= 0.3 is 11.8 Å². The van der Waals surface area contributed by atoms with E-state index < -0.39 is 47.0 Å². The van der Waals surface area contributed by atoms with Crippen molar-refractivity contribution in [2.75, 3.05) is 62.6 Å². The van der Waals surface area contributed by atoms with Gasteiger partial charge in [0.05, 0.1) is 35.2 Å². The van der Waals surface area contributed by atoms with Gasteiger partial charge in [-0.2, -0.15) is 0 Å². The third-order valence-corrected chi connectivity index (χ3v) is 14.3. The van der Waals surface area contributed by atoms with Crippen LogP contribution in [-0.2, 0) is 19.1 Å². The Bertz CT molecular complexity index is 2630. The Hall–Kier alpha value is -5.77. The number of phenolic OH excluding ortho intramolecular Hbond substituents is 2. The van der Waals surface area contributed by atoms with Gasteiger partial charge in [-0.3, -0.25) is 29.3 Å². The van der Waals surface area contributed by atoms with Crippen LogP contribution >= 0.6 is 0 Å². The predicted molar refractivity (Wildman–Crippen MR) is 260 cm³/mol. The summed E-state index contributed by atoms with van der Waals surface area (Å²) in [5.74, 6) is -3.82. The molecule has 0 radical (unpaired) electrons. The highest BCUT2D eigenvalue weighted by Gasteiger charge is 2.50. The molecule has 3 aromatic rings. The first-order chi connectivity index (χ1) is 32.5. The predicted octanol–water partition coefficient (Wildman–Crippen LogP) is 6.46. The van der Waals surface area contributed by atoms with E-state index in [-0.39, 0.29) is 68.2 Å². The number of allylic oxidation sites excluding steroid dienone is 4. The number of esters is 1. The highest BCUT2D eigenvalue weighted by Crippen LogP contribution is 2.50. The number of piperazine rings is 1. The van der Waals surface area contributed by atoms with E-state index in [0.717, 1.165) is 38.4 Å². The number of ether oxygens (including phenoxy) is 3. The zero-order valence-corrected chi connectivity index (χ0v) is 40.6. The summed E-state index contributed by atoms with van der Waals surface area (Å²) in [7, 11) is 0. The summed E-state index contributed by atoms with van der Waals surface area (Å²) in [4.78, 5) is 59.4. The molecule has 5 bridgehead atoms. The minimum atomic E-state index is -1.87. The van der Waals surface area contributed by atoms with Crippen molar-refractivity contribution in [3.05, 3.63) is 88.3 Å². The number of nitrogens with one attached hydrogen (secondary N) is 1. The molecule has 0 aromatic heterocycles. The number of ketones is 1. The molecule has 2 saturated heterocycles. The van der Waals surface area contributed by atoms with Gasteiger partial charge in [0, 0.05) is 93.7 Å². The minimum Gasteiger partial charge on any atom is -0.507 e. The lowest BCUT2D eigenvalue weighted by Gasteiger charge is -2.36. The number of aliphatic hydroxyl groups excluding tert-OH is 1. The van der Waals surface area contributed by atoms with E-state index in [1.165, 1.54) is 13.2 Å². The van der Waals surface area contributed by atoms with Crippen LogP contribution in [0.3, 0.4) is 0 Å². The summed E-state index contributed by atoms with van der Waals surface area (Å²) in [5.41, 5.74) is 0.871. The number of Topliss-reactive ketones (excluding diaryl/α,β-unsaturated/α-hetero) is 1. The van der Waals surface area contributed by atoms with Gasteiger partial charge in [-0.25, -0.2) is 0 Å². The number of para-hydroxylation sites is 1. The Morgan fingerprint density at radius 2 is 1.63 bits per heavy atom. The van der Waals surface area contributed by atoms with Crippen LogP contribution in [0.2, 0.25) is 0 Å². The highest BCUT2D eigenvalue weighted by atomic mass is 16.7. The number of likely N-dealkylation sites (tertiary alicyclic amines) is 1. The van der Waals surface area contributed by atoms with Crippen molar-refractivity contribution in [2.24, 2.45) is 27.7 Å². The maximum atomic E-state index is 14.7. The first-order valence-electron chi connectivity index (χ1n) is 24.4. The van der Waals surface area contributed by atoms with Crippen molar-refractivity contribution >= 4 is 39.8 Å². The summed E-state index contributed by atoms with van der Waals surface area (Å²) in [6, 6.07) is 10.2. The van der Waals surface area contributed by atoms with Crippen LogP contribution in [0.25, 0.3) is 10.8 Å². The number of aliphatic hydroxyl groups is 1. The molecule has 9 rings (SSSR count). The molecule has 6 aliphatic rings. The molecule has 3 aromatic carbocycles. The number of hydrogen-bond acceptors (Lipinski definition) is 14. The zero-order valence-electron chi connectivity index (χ0n) is 40.6. The van der Waals surface area contributed by atoms with E-state index in [4.69, 9.17) is 24.2 Å². The number of phenols is 2. The Balaban J connectivity index is 1.10. The number of carbonyl (C=O) groups excluding carboxylic acids is 3. The van der Waals surface area contributed by atoms with Crippen LogP contribution in [0.5, 0.6) is 17.2 Å².